The summed E-state index contributed by atoms with van der Waals surface area (Å²) in [4.78, 5) is 14.4. The maximum absolute atomic E-state index is 12.8. The monoisotopic (exact) mass is 342 g/mol. The Morgan fingerprint density at radius 3 is 2.30 bits per heavy atom. The highest BCUT2D eigenvalue weighted by Gasteiger charge is 2.22. The predicted octanol–water partition coefficient (Wildman–Crippen LogP) is 2.24. The normalized spacial score (nSPS) is 11.6. The van der Waals surface area contributed by atoms with E-state index in [4.69, 9.17) is 9.88 Å². The second-order valence-electron chi connectivity index (χ2n) is 5.43. The van der Waals surface area contributed by atoms with E-state index in [-0.39, 0.29) is 16.4 Å². The fourth-order valence-corrected chi connectivity index (χ4v) is 2.96. The molecule has 130 valence electrons. The SMILES string of the molecule is CCC(CC)CN(CC)C(=O)c1cc(S(N)(=O)=O)ccc1OC. The number of nitrogens with zero attached hydrogens (tertiary/aromatic N) is 1. The zero-order valence-corrected chi connectivity index (χ0v) is 15.0. The minimum absolute atomic E-state index is 0.0970. The van der Waals surface area contributed by atoms with E-state index in [0.29, 0.717) is 24.8 Å². The van der Waals surface area contributed by atoms with Crippen molar-refractivity contribution in [1.29, 1.82) is 0 Å². The number of benzene rings is 1. The number of primary sulfonamides is 1. The topological polar surface area (TPSA) is 89.7 Å². The van der Waals surface area contributed by atoms with Gasteiger partial charge in [-0.25, -0.2) is 13.6 Å². The maximum atomic E-state index is 12.8. The highest BCUT2D eigenvalue weighted by atomic mass is 32.2. The molecule has 0 aliphatic carbocycles. The Kier molecular flexibility index (Phi) is 7.02. The number of ether oxygens (including phenoxy) is 1. The standard InChI is InChI=1S/C16H26N2O4S/c1-5-12(6-2)11-18(7-3)16(19)14-10-13(23(17,20)21)8-9-15(14)22-4/h8-10,12H,5-7,11H2,1-4H3,(H2,17,20,21). The van der Waals surface area contributed by atoms with Crippen molar-refractivity contribution < 1.29 is 17.9 Å². The Morgan fingerprint density at radius 1 is 1.26 bits per heavy atom. The van der Waals surface area contributed by atoms with Gasteiger partial charge < -0.3 is 9.64 Å². The van der Waals surface area contributed by atoms with E-state index in [1.54, 1.807) is 4.90 Å². The van der Waals surface area contributed by atoms with Gasteiger partial charge in [0.25, 0.3) is 5.91 Å². The number of rotatable bonds is 8. The van der Waals surface area contributed by atoms with Gasteiger partial charge in [0.15, 0.2) is 0 Å². The van der Waals surface area contributed by atoms with Gasteiger partial charge >= 0.3 is 0 Å². The summed E-state index contributed by atoms with van der Waals surface area (Å²) < 4.78 is 28.3. The van der Waals surface area contributed by atoms with Crippen molar-refractivity contribution in [2.45, 2.75) is 38.5 Å². The molecule has 0 heterocycles. The molecule has 6 nitrogen and oxygen atoms in total. The molecule has 0 bridgehead atoms. The highest BCUT2D eigenvalue weighted by Crippen LogP contribution is 2.24. The van der Waals surface area contributed by atoms with Gasteiger partial charge in [-0.2, -0.15) is 0 Å². The van der Waals surface area contributed by atoms with Gasteiger partial charge in [-0.3, -0.25) is 4.79 Å². The van der Waals surface area contributed by atoms with Gasteiger partial charge in [-0.15, -0.1) is 0 Å². The van der Waals surface area contributed by atoms with E-state index in [1.807, 2.05) is 6.92 Å². The smallest absolute Gasteiger partial charge is 0.257 e. The number of amides is 1. The number of carbonyl (C=O) groups is 1. The summed E-state index contributed by atoms with van der Waals surface area (Å²) in [6, 6.07) is 4.08. The number of hydrogen-bond donors (Lipinski definition) is 1. The highest BCUT2D eigenvalue weighted by molar-refractivity contribution is 7.89. The van der Waals surface area contributed by atoms with Crippen molar-refractivity contribution in [3.63, 3.8) is 0 Å². The van der Waals surface area contributed by atoms with E-state index in [2.05, 4.69) is 13.8 Å². The van der Waals surface area contributed by atoms with E-state index in [9.17, 15) is 13.2 Å². The van der Waals surface area contributed by atoms with Crippen LogP contribution in [-0.4, -0.2) is 39.4 Å². The lowest BCUT2D eigenvalue weighted by molar-refractivity contribution is 0.0731. The molecule has 0 fully saturated rings. The molecule has 7 heteroatoms. The number of methoxy groups -OCH3 is 1. The molecule has 0 saturated heterocycles. The van der Waals surface area contributed by atoms with Crippen molar-refractivity contribution in [3.05, 3.63) is 23.8 Å². The summed E-state index contributed by atoms with van der Waals surface area (Å²) in [6.45, 7) is 7.25. The first-order valence-electron chi connectivity index (χ1n) is 7.78. The number of nitrogens with two attached hydrogens (primary N) is 1. The maximum Gasteiger partial charge on any atom is 0.257 e. The molecule has 0 unspecified atom stereocenters. The van der Waals surface area contributed by atoms with Gasteiger partial charge in [-0.05, 0) is 31.0 Å². The molecular weight excluding hydrogens is 316 g/mol. The largest absolute Gasteiger partial charge is 0.496 e. The lowest BCUT2D eigenvalue weighted by atomic mass is 10.0. The van der Waals surface area contributed by atoms with Crippen LogP contribution >= 0.6 is 0 Å². The van der Waals surface area contributed by atoms with Crippen LogP contribution < -0.4 is 9.88 Å². The van der Waals surface area contributed by atoms with Crippen LogP contribution in [0.15, 0.2) is 23.1 Å². The van der Waals surface area contributed by atoms with Crippen molar-refractivity contribution in [1.82, 2.24) is 4.90 Å². The molecule has 0 atom stereocenters. The number of sulfonamides is 1. The van der Waals surface area contributed by atoms with Crippen LogP contribution in [-0.2, 0) is 10.0 Å². The molecule has 1 aromatic rings. The summed E-state index contributed by atoms with van der Waals surface area (Å²) in [5, 5.41) is 5.16. The van der Waals surface area contributed by atoms with Crippen LogP contribution in [0.3, 0.4) is 0 Å². The van der Waals surface area contributed by atoms with E-state index >= 15 is 0 Å². The van der Waals surface area contributed by atoms with Gasteiger partial charge in [0.1, 0.15) is 5.75 Å². The van der Waals surface area contributed by atoms with Crippen LogP contribution in [0.5, 0.6) is 5.75 Å². The molecule has 1 rings (SSSR count). The number of hydrogen-bond acceptors (Lipinski definition) is 4. The first-order valence-corrected chi connectivity index (χ1v) is 9.33. The summed E-state index contributed by atoms with van der Waals surface area (Å²) in [7, 11) is -2.43. The molecule has 0 spiro atoms. The fraction of sp³-hybridized carbons (Fsp3) is 0.562. The third-order valence-electron chi connectivity index (χ3n) is 4.03. The zero-order chi connectivity index (χ0) is 17.6. The Hall–Kier alpha value is -1.60. The number of carbonyl (C=O) groups excluding carboxylic acids is 1. The Balaban J connectivity index is 3.22. The molecule has 0 aliphatic rings. The Morgan fingerprint density at radius 2 is 1.87 bits per heavy atom. The minimum atomic E-state index is -3.87. The van der Waals surface area contributed by atoms with Crippen molar-refractivity contribution >= 4 is 15.9 Å². The van der Waals surface area contributed by atoms with Gasteiger partial charge in [0.05, 0.1) is 17.6 Å². The average Bonchev–Trinajstić information content (AvgIpc) is 2.54. The lowest BCUT2D eigenvalue weighted by Gasteiger charge is -2.26. The summed E-state index contributed by atoms with van der Waals surface area (Å²) in [6.07, 6.45) is 1.96. The molecule has 0 saturated carbocycles. The summed E-state index contributed by atoms with van der Waals surface area (Å²) in [5.41, 5.74) is 0.215. The molecule has 0 radical (unpaired) electrons. The minimum Gasteiger partial charge on any atom is -0.496 e. The van der Waals surface area contributed by atoms with Crippen molar-refractivity contribution in [2.75, 3.05) is 20.2 Å². The molecule has 0 aliphatic heterocycles. The molecule has 23 heavy (non-hydrogen) atoms. The zero-order valence-electron chi connectivity index (χ0n) is 14.2. The van der Waals surface area contributed by atoms with Crippen LogP contribution in [0.4, 0.5) is 0 Å². The first kappa shape index (κ1) is 19.4. The fourth-order valence-electron chi connectivity index (χ4n) is 2.42. The van der Waals surface area contributed by atoms with Crippen LogP contribution in [0.2, 0.25) is 0 Å². The predicted molar refractivity (Wildman–Crippen MR) is 90.0 cm³/mol. The van der Waals surface area contributed by atoms with Crippen molar-refractivity contribution in [2.24, 2.45) is 11.1 Å². The summed E-state index contributed by atoms with van der Waals surface area (Å²) >= 11 is 0. The average molecular weight is 342 g/mol. The van der Waals surface area contributed by atoms with Crippen LogP contribution in [0, 0.1) is 5.92 Å². The Bertz CT molecular complexity index is 639. The molecule has 2 N–H and O–H groups in total. The van der Waals surface area contributed by atoms with E-state index < -0.39 is 10.0 Å². The second-order valence-corrected chi connectivity index (χ2v) is 6.99. The van der Waals surface area contributed by atoms with Crippen LogP contribution in [0.25, 0.3) is 0 Å². The molecular formula is C16H26N2O4S. The van der Waals surface area contributed by atoms with Gasteiger partial charge in [0.2, 0.25) is 10.0 Å². The van der Waals surface area contributed by atoms with E-state index in [0.717, 1.165) is 12.8 Å². The molecule has 1 aromatic carbocycles. The Labute approximate surface area is 138 Å². The van der Waals surface area contributed by atoms with Crippen molar-refractivity contribution in [3.8, 4) is 5.75 Å². The molecule has 0 aromatic heterocycles. The lowest BCUT2D eigenvalue weighted by Crippen LogP contribution is -2.35. The third kappa shape index (κ3) is 4.94. The van der Waals surface area contributed by atoms with Gasteiger partial charge in [-0.1, -0.05) is 26.7 Å². The molecule has 1 amide bonds. The van der Waals surface area contributed by atoms with E-state index in [1.165, 1.54) is 25.3 Å². The van der Waals surface area contributed by atoms with Gasteiger partial charge in [0, 0.05) is 13.1 Å². The van der Waals surface area contributed by atoms with Crippen LogP contribution in [0.1, 0.15) is 44.0 Å². The third-order valence-corrected chi connectivity index (χ3v) is 4.94. The second kappa shape index (κ2) is 8.31. The quantitative estimate of drug-likeness (QED) is 0.784. The first-order chi connectivity index (χ1) is 10.8. The summed E-state index contributed by atoms with van der Waals surface area (Å²) in [5.74, 6) is 0.499.